The van der Waals surface area contributed by atoms with Crippen LogP contribution in [0.3, 0.4) is 0 Å². The van der Waals surface area contributed by atoms with Gasteiger partial charge in [-0.1, -0.05) is 6.42 Å². The van der Waals surface area contributed by atoms with E-state index in [1.54, 1.807) is 0 Å². The molecule has 3 aliphatic rings. The Kier molecular flexibility index (Phi) is 6.14. The van der Waals surface area contributed by atoms with Crippen LogP contribution >= 0.6 is 0 Å². The first kappa shape index (κ1) is 17.7. The molecule has 1 aliphatic carbocycles. The van der Waals surface area contributed by atoms with E-state index in [9.17, 15) is 9.59 Å². The van der Waals surface area contributed by atoms with Gasteiger partial charge in [0, 0.05) is 44.1 Å². The van der Waals surface area contributed by atoms with E-state index >= 15 is 0 Å². The third-order valence-electron chi connectivity index (χ3n) is 5.97. The molecule has 0 bridgehead atoms. The van der Waals surface area contributed by atoms with E-state index in [0.717, 1.165) is 58.3 Å². The van der Waals surface area contributed by atoms with Gasteiger partial charge in [-0.2, -0.15) is 0 Å². The Labute approximate surface area is 146 Å². The van der Waals surface area contributed by atoms with Crippen LogP contribution < -0.4 is 5.32 Å². The lowest BCUT2D eigenvalue weighted by Gasteiger charge is -2.33. The SMILES string of the molecule is CC1CCCCN1CCCNC(=O)C1CCN(C(=O)C2CC2)CC1. The summed E-state index contributed by atoms with van der Waals surface area (Å²) in [6.07, 6.45) is 8.80. The molecule has 2 aliphatic heterocycles. The molecule has 1 atom stereocenters. The molecule has 2 amide bonds. The van der Waals surface area contributed by atoms with Gasteiger partial charge in [-0.15, -0.1) is 0 Å². The Bertz CT molecular complexity index is 442. The molecule has 136 valence electrons. The van der Waals surface area contributed by atoms with Gasteiger partial charge in [-0.3, -0.25) is 9.59 Å². The third kappa shape index (κ3) is 4.71. The second-order valence-corrected chi connectivity index (χ2v) is 7.90. The van der Waals surface area contributed by atoms with Gasteiger partial charge in [-0.25, -0.2) is 0 Å². The lowest BCUT2D eigenvalue weighted by atomic mass is 9.95. The Morgan fingerprint density at radius 2 is 1.71 bits per heavy atom. The predicted molar refractivity (Wildman–Crippen MR) is 94.5 cm³/mol. The first-order valence-electron chi connectivity index (χ1n) is 9.95. The van der Waals surface area contributed by atoms with Crippen molar-refractivity contribution in [2.45, 2.75) is 64.3 Å². The fourth-order valence-corrected chi connectivity index (χ4v) is 4.08. The number of hydrogen-bond acceptors (Lipinski definition) is 3. The van der Waals surface area contributed by atoms with Crippen molar-refractivity contribution in [3.8, 4) is 0 Å². The van der Waals surface area contributed by atoms with Gasteiger partial charge in [0.2, 0.25) is 11.8 Å². The fourth-order valence-electron chi connectivity index (χ4n) is 4.08. The van der Waals surface area contributed by atoms with E-state index in [0.29, 0.717) is 17.9 Å². The standard InChI is InChI=1S/C19H33N3O2/c1-15-5-2-3-11-21(15)12-4-10-20-18(23)16-8-13-22(14-9-16)19(24)17-6-7-17/h15-17H,2-14H2,1H3,(H,20,23). The quantitative estimate of drug-likeness (QED) is 0.756. The molecule has 3 fully saturated rings. The Morgan fingerprint density at radius 1 is 0.958 bits per heavy atom. The van der Waals surface area contributed by atoms with E-state index < -0.39 is 0 Å². The van der Waals surface area contributed by atoms with E-state index in [1.165, 1.54) is 25.8 Å². The first-order chi connectivity index (χ1) is 11.6. The van der Waals surface area contributed by atoms with Gasteiger partial charge >= 0.3 is 0 Å². The number of nitrogens with zero attached hydrogens (tertiary/aromatic N) is 2. The second kappa shape index (κ2) is 8.32. The smallest absolute Gasteiger partial charge is 0.225 e. The topological polar surface area (TPSA) is 52.7 Å². The number of piperidine rings is 2. The van der Waals surface area contributed by atoms with Gasteiger partial charge in [0.15, 0.2) is 0 Å². The highest BCUT2D eigenvalue weighted by atomic mass is 16.2. The largest absolute Gasteiger partial charge is 0.356 e. The summed E-state index contributed by atoms with van der Waals surface area (Å²) in [5.41, 5.74) is 0. The molecule has 24 heavy (non-hydrogen) atoms. The molecule has 5 nitrogen and oxygen atoms in total. The van der Waals surface area contributed by atoms with Crippen molar-refractivity contribution in [1.82, 2.24) is 15.1 Å². The summed E-state index contributed by atoms with van der Waals surface area (Å²) in [5.74, 6) is 0.916. The van der Waals surface area contributed by atoms with Crippen molar-refractivity contribution in [2.75, 3.05) is 32.7 Å². The molecule has 2 saturated heterocycles. The zero-order valence-electron chi connectivity index (χ0n) is 15.1. The molecular weight excluding hydrogens is 302 g/mol. The maximum atomic E-state index is 12.3. The lowest BCUT2D eigenvalue weighted by Crippen LogP contribution is -2.44. The van der Waals surface area contributed by atoms with Crippen LogP contribution in [0.1, 0.15) is 58.3 Å². The number of amides is 2. The number of carbonyl (C=O) groups excluding carboxylic acids is 2. The summed E-state index contributed by atoms with van der Waals surface area (Å²) in [5, 5.41) is 3.12. The van der Waals surface area contributed by atoms with Crippen molar-refractivity contribution in [3.05, 3.63) is 0 Å². The summed E-state index contributed by atoms with van der Waals surface area (Å²) in [7, 11) is 0. The zero-order valence-corrected chi connectivity index (χ0v) is 15.1. The molecule has 1 saturated carbocycles. The molecule has 0 spiro atoms. The Morgan fingerprint density at radius 3 is 2.38 bits per heavy atom. The number of hydrogen-bond donors (Lipinski definition) is 1. The number of carbonyl (C=O) groups is 2. The van der Waals surface area contributed by atoms with Gasteiger partial charge in [0.25, 0.3) is 0 Å². The molecule has 0 aromatic heterocycles. The molecule has 2 heterocycles. The van der Waals surface area contributed by atoms with E-state index in [-0.39, 0.29) is 11.8 Å². The lowest BCUT2D eigenvalue weighted by molar-refractivity contribution is -0.136. The summed E-state index contributed by atoms with van der Waals surface area (Å²) in [4.78, 5) is 28.9. The molecule has 1 unspecified atom stereocenters. The van der Waals surface area contributed by atoms with Gasteiger partial charge in [0.1, 0.15) is 0 Å². The maximum absolute atomic E-state index is 12.3. The molecule has 0 aromatic rings. The summed E-state index contributed by atoms with van der Waals surface area (Å²) in [6.45, 7) is 6.92. The van der Waals surface area contributed by atoms with Gasteiger partial charge in [-0.05, 0) is 58.4 Å². The molecule has 0 radical (unpaired) electrons. The number of likely N-dealkylation sites (tertiary alicyclic amines) is 2. The van der Waals surface area contributed by atoms with Crippen molar-refractivity contribution >= 4 is 11.8 Å². The second-order valence-electron chi connectivity index (χ2n) is 7.90. The average Bonchev–Trinajstić information content (AvgIpc) is 3.44. The minimum Gasteiger partial charge on any atom is -0.356 e. The highest BCUT2D eigenvalue weighted by molar-refractivity contribution is 5.82. The normalized spacial score (nSPS) is 26.4. The summed E-state index contributed by atoms with van der Waals surface area (Å²) >= 11 is 0. The minimum absolute atomic E-state index is 0.0992. The first-order valence-corrected chi connectivity index (χ1v) is 9.95. The molecule has 3 rings (SSSR count). The summed E-state index contributed by atoms with van der Waals surface area (Å²) in [6, 6.07) is 0.697. The molecule has 1 N–H and O–H groups in total. The molecule has 0 aromatic carbocycles. The monoisotopic (exact) mass is 335 g/mol. The summed E-state index contributed by atoms with van der Waals surface area (Å²) < 4.78 is 0. The van der Waals surface area contributed by atoms with Crippen LogP contribution in [-0.2, 0) is 9.59 Å². The van der Waals surface area contributed by atoms with Crippen LogP contribution in [0.5, 0.6) is 0 Å². The van der Waals surface area contributed by atoms with Gasteiger partial charge < -0.3 is 15.1 Å². The highest BCUT2D eigenvalue weighted by Gasteiger charge is 2.35. The number of nitrogens with one attached hydrogen (secondary N) is 1. The van der Waals surface area contributed by atoms with Crippen LogP contribution in [0.4, 0.5) is 0 Å². The third-order valence-corrected chi connectivity index (χ3v) is 5.97. The Hall–Kier alpha value is -1.10. The van der Waals surface area contributed by atoms with Crippen LogP contribution in [0, 0.1) is 11.8 Å². The van der Waals surface area contributed by atoms with Crippen LogP contribution in [0.25, 0.3) is 0 Å². The van der Waals surface area contributed by atoms with Crippen LogP contribution in [0.15, 0.2) is 0 Å². The van der Waals surface area contributed by atoms with E-state index in [1.807, 2.05) is 4.90 Å². The van der Waals surface area contributed by atoms with Crippen molar-refractivity contribution in [1.29, 1.82) is 0 Å². The molecular formula is C19H33N3O2. The molecule has 5 heteroatoms. The van der Waals surface area contributed by atoms with Crippen LogP contribution in [0.2, 0.25) is 0 Å². The van der Waals surface area contributed by atoms with Crippen LogP contribution in [-0.4, -0.2) is 60.4 Å². The van der Waals surface area contributed by atoms with Crippen molar-refractivity contribution < 1.29 is 9.59 Å². The predicted octanol–water partition coefficient (Wildman–Crippen LogP) is 2.02. The van der Waals surface area contributed by atoms with E-state index in [4.69, 9.17) is 0 Å². The highest BCUT2D eigenvalue weighted by Crippen LogP contribution is 2.32. The zero-order chi connectivity index (χ0) is 16.9. The maximum Gasteiger partial charge on any atom is 0.225 e. The van der Waals surface area contributed by atoms with E-state index in [2.05, 4.69) is 17.1 Å². The van der Waals surface area contributed by atoms with Crippen molar-refractivity contribution in [3.63, 3.8) is 0 Å². The average molecular weight is 335 g/mol. The van der Waals surface area contributed by atoms with Crippen molar-refractivity contribution in [2.24, 2.45) is 11.8 Å². The minimum atomic E-state index is 0.0992. The van der Waals surface area contributed by atoms with Gasteiger partial charge in [0.05, 0.1) is 0 Å². The fraction of sp³-hybridized carbons (Fsp3) is 0.895. The number of rotatable bonds is 6. The Balaban J connectivity index is 1.29.